The summed E-state index contributed by atoms with van der Waals surface area (Å²) in [5, 5.41) is 3.45. The zero-order valence-corrected chi connectivity index (χ0v) is 10.0. The molecule has 0 aliphatic rings. The van der Waals surface area contributed by atoms with Gasteiger partial charge in [0.2, 0.25) is 0 Å². The lowest BCUT2D eigenvalue weighted by atomic mass is 10.2. The number of carbonyl (C=O) groups excluding carboxylic acids is 1. The zero-order valence-electron chi connectivity index (χ0n) is 9.23. The van der Waals surface area contributed by atoms with Crippen molar-refractivity contribution in [1.82, 2.24) is 10.3 Å². The first-order valence-electron chi connectivity index (χ1n) is 4.82. The standard InChI is InChI=1S/C11H12N4O.ClH/c1-13-11(12)15-10(16)9-6-7-4-2-3-5-8(7)14-9;/h2-6,14H,1H3,(H3,12,13,15,16);1H. The Morgan fingerprint density at radius 1 is 1.41 bits per heavy atom. The zero-order chi connectivity index (χ0) is 11.5. The molecule has 17 heavy (non-hydrogen) atoms. The Morgan fingerprint density at radius 3 is 2.76 bits per heavy atom. The molecule has 0 spiro atoms. The molecule has 1 heterocycles. The third-order valence-corrected chi connectivity index (χ3v) is 2.26. The lowest BCUT2D eigenvalue weighted by molar-refractivity contribution is 0.0972. The molecule has 1 aromatic heterocycles. The number of H-pyrrole nitrogens is 1. The van der Waals surface area contributed by atoms with Gasteiger partial charge in [-0.25, -0.2) is 0 Å². The van der Waals surface area contributed by atoms with Crippen LogP contribution in [-0.2, 0) is 0 Å². The van der Waals surface area contributed by atoms with Crippen molar-refractivity contribution in [2.45, 2.75) is 0 Å². The third-order valence-electron chi connectivity index (χ3n) is 2.26. The Labute approximate surface area is 105 Å². The van der Waals surface area contributed by atoms with Gasteiger partial charge >= 0.3 is 0 Å². The minimum atomic E-state index is -0.292. The fourth-order valence-electron chi connectivity index (χ4n) is 1.44. The molecule has 2 rings (SSSR count). The van der Waals surface area contributed by atoms with E-state index in [2.05, 4.69) is 15.3 Å². The number of guanidine groups is 1. The van der Waals surface area contributed by atoms with Gasteiger partial charge in [0, 0.05) is 18.0 Å². The molecule has 0 atom stereocenters. The molecule has 0 saturated carbocycles. The summed E-state index contributed by atoms with van der Waals surface area (Å²) in [6.07, 6.45) is 0. The molecule has 2 aromatic rings. The maximum absolute atomic E-state index is 11.7. The molecule has 0 fully saturated rings. The number of aromatic nitrogens is 1. The van der Waals surface area contributed by atoms with Crippen LogP contribution < -0.4 is 11.1 Å². The first kappa shape index (κ1) is 13.1. The van der Waals surface area contributed by atoms with Crippen LogP contribution in [0.4, 0.5) is 0 Å². The Bertz CT molecular complexity index is 528. The Morgan fingerprint density at radius 2 is 2.12 bits per heavy atom. The number of rotatable bonds is 1. The second-order valence-electron chi connectivity index (χ2n) is 3.33. The fourth-order valence-corrected chi connectivity index (χ4v) is 1.44. The van der Waals surface area contributed by atoms with Crippen molar-refractivity contribution in [2.24, 2.45) is 10.7 Å². The van der Waals surface area contributed by atoms with Crippen molar-refractivity contribution in [3.8, 4) is 0 Å². The summed E-state index contributed by atoms with van der Waals surface area (Å²) in [6, 6.07) is 9.43. The largest absolute Gasteiger partial charge is 0.370 e. The van der Waals surface area contributed by atoms with E-state index in [1.165, 1.54) is 7.05 Å². The van der Waals surface area contributed by atoms with Gasteiger partial charge in [-0.15, -0.1) is 12.4 Å². The normalized spacial score (nSPS) is 11.0. The number of aliphatic imine (C=N–C) groups is 1. The van der Waals surface area contributed by atoms with E-state index in [0.29, 0.717) is 5.69 Å². The highest BCUT2D eigenvalue weighted by Gasteiger charge is 2.09. The van der Waals surface area contributed by atoms with Gasteiger partial charge in [0.1, 0.15) is 5.69 Å². The van der Waals surface area contributed by atoms with E-state index in [0.717, 1.165) is 10.9 Å². The lowest BCUT2D eigenvalue weighted by Gasteiger charge is -2.00. The molecule has 0 aliphatic carbocycles. The SMILES string of the molecule is CN=C(N)NC(=O)c1cc2ccccc2[nH]1.Cl. The average Bonchev–Trinajstić information content (AvgIpc) is 2.72. The van der Waals surface area contributed by atoms with Crippen molar-refractivity contribution < 1.29 is 4.79 Å². The summed E-state index contributed by atoms with van der Waals surface area (Å²) in [5.74, 6) is -0.192. The van der Waals surface area contributed by atoms with Gasteiger partial charge in [0.05, 0.1) is 0 Å². The summed E-state index contributed by atoms with van der Waals surface area (Å²) in [7, 11) is 1.51. The molecule has 0 saturated heterocycles. The van der Waals surface area contributed by atoms with Crippen molar-refractivity contribution in [3.05, 3.63) is 36.0 Å². The Hall–Kier alpha value is -2.01. The molecule has 6 heteroatoms. The van der Waals surface area contributed by atoms with Crippen LogP contribution in [0.1, 0.15) is 10.5 Å². The highest BCUT2D eigenvalue weighted by Crippen LogP contribution is 2.14. The minimum absolute atomic E-state index is 0. The average molecular weight is 253 g/mol. The van der Waals surface area contributed by atoms with Crippen LogP contribution in [0.5, 0.6) is 0 Å². The maximum atomic E-state index is 11.7. The first-order valence-corrected chi connectivity index (χ1v) is 4.82. The van der Waals surface area contributed by atoms with Crippen LogP contribution >= 0.6 is 12.4 Å². The minimum Gasteiger partial charge on any atom is -0.370 e. The smallest absolute Gasteiger partial charge is 0.274 e. The fraction of sp³-hybridized carbons (Fsp3) is 0.0909. The summed E-state index contributed by atoms with van der Waals surface area (Å²) in [6.45, 7) is 0. The number of nitrogens with two attached hydrogens (primary N) is 1. The molecule has 0 aliphatic heterocycles. The van der Waals surface area contributed by atoms with Gasteiger partial charge < -0.3 is 10.7 Å². The highest BCUT2D eigenvalue weighted by molar-refractivity contribution is 6.06. The molecule has 0 bridgehead atoms. The van der Waals surface area contributed by atoms with Crippen molar-refractivity contribution in [3.63, 3.8) is 0 Å². The van der Waals surface area contributed by atoms with Crippen LogP contribution in [0.3, 0.4) is 0 Å². The maximum Gasteiger partial charge on any atom is 0.274 e. The summed E-state index contributed by atoms with van der Waals surface area (Å²) in [5.41, 5.74) is 6.79. The summed E-state index contributed by atoms with van der Waals surface area (Å²) < 4.78 is 0. The van der Waals surface area contributed by atoms with Gasteiger partial charge in [0.25, 0.3) is 5.91 Å². The van der Waals surface area contributed by atoms with Crippen molar-refractivity contribution >= 4 is 35.2 Å². The molecule has 1 aromatic carbocycles. The molecule has 4 N–H and O–H groups in total. The monoisotopic (exact) mass is 252 g/mol. The number of hydrogen-bond donors (Lipinski definition) is 3. The van der Waals surface area contributed by atoms with Crippen LogP contribution in [-0.4, -0.2) is 23.9 Å². The number of hydrogen-bond acceptors (Lipinski definition) is 2. The second kappa shape index (κ2) is 5.36. The summed E-state index contributed by atoms with van der Waals surface area (Å²) in [4.78, 5) is 18.3. The molecular weight excluding hydrogens is 240 g/mol. The predicted molar refractivity (Wildman–Crippen MR) is 70.6 cm³/mol. The van der Waals surface area contributed by atoms with Crippen LogP contribution in [0, 0.1) is 0 Å². The van der Waals surface area contributed by atoms with E-state index in [-0.39, 0.29) is 24.3 Å². The Balaban J connectivity index is 0.00000144. The van der Waals surface area contributed by atoms with E-state index in [9.17, 15) is 4.79 Å². The third kappa shape index (κ3) is 2.76. The molecule has 0 radical (unpaired) electrons. The second-order valence-corrected chi connectivity index (χ2v) is 3.33. The predicted octanol–water partition coefficient (Wildman–Crippen LogP) is 1.26. The van der Waals surface area contributed by atoms with E-state index < -0.39 is 0 Å². The highest BCUT2D eigenvalue weighted by atomic mass is 35.5. The van der Waals surface area contributed by atoms with Gasteiger partial charge in [-0.05, 0) is 12.1 Å². The topological polar surface area (TPSA) is 83.3 Å². The number of para-hydroxylation sites is 1. The number of fused-ring (bicyclic) bond motifs is 1. The molecule has 1 amide bonds. The Kier molecular flexibility index (Phi) is 4.12. The van der Waals surface area contributed by atoms with Gasteiger partial charge in [-0.2, -0.15) is 0 Å². The number of benzene rings is 1. The van der Waals surface area contributed by atoms with Crippen LogP contribution in [0.2, 0.25) is 0 Å². The molecule has 5 nitrogen and oxygen atoms in total. The first-order chi connectivity index (χ1) is 7.70. The van der Waals surface area contributed by atoms with E-state index in [4.69, 9.17) is 5.73 Å². The van der Waals surface area contributed by atoms with Gasteiger partial charge in [0.15, 0.2) is 5.96 Å². The van der Waals surface area contributed by atoms with Crippen molar-refractivity contribution in [1.29, 1.82) is 0 Å². The molecule has 0 unspecified atom stereocenters. The molecule has 90 valence electrons. The number of nitrogens with zero attached hydrogens (tertiary/aromatic N) is 1. The van der Waals surface area contributed by atoms with Crippen LogP contribution in [0.25, 0.3) is 10.9 Å². The number of aromatic amines is 1. The number of nitrogens with one attached hydrogen (secondary N) is 2. The van der Waals surface area contributed by atoms with Crippen LogP contribution in [0.15, 0.2) is 35.3 Å². The van der Waals surface area contributed by atoms with Gasteiger partial charge in [-0.1, -0.05) is 18.2 Å². The quantitative estimate of drug-likeness (QED) is 0.527. The van der Waals surface area contributed by atoms with E-state index >= 15 is 0 Å². The summed E-state index contributed by atoms with van der Waals surface area (Å²) >= 11 is 0. The van der Waals surface area contributed by atoms with E-state index in [1.807, 2.05) is 24.3 Å². The van der Waals surface area contributed by atoms with Crippen molar-refractivity contribution in [2.75, 3.05) is 7.05 Å². The van der Waals surface area contributed by atoms with E-state index in [1.54, 1.807) is 6.07 Å². The lowest BCUT2D eigenvalue weighted by Crippen LogP contribution is -2.36. The number of carbonyl (C=O) groups is 1. The number of halogens is 1. The molecular formula is C11H13ClN4O. The van der Waals surface area contributed by atoms with Gasteiger partial charge in [-0.3, -0.25) is 15.1 Å². The number of amides is 1.